The molecule has 3 N–H and O–H groups in total. The lowest BCUT2D eigenvalue weighted by Crippen LogP contribution is -2.47. The second-order valence-corrected chi connectivity index (χ2v) is 6.72. The largest absolute Gasteiger partial charge is 0.382 e. The zero-order valence-electron chi connectivity index (χ0n) is 14.9. The highest BCUT2D eigenvalue weighted by molar-refractivity contribution is 5.87. The number of nitrogens with two attached hydrogens (primary N) is 1. The van der Waals surface area contributed by atoms with E-state index in [9.17, 15) is 9.59 Å². The second kappa shape index (κ2) is 9.39. The third-order valence-corrected chi connectivity index (χ3v) is 3.60. The molecule has 0 fully saturated rings. The quantitative estimate of drug-likeness (QED) is 0.662. The molecule has 1 aromatic carbocycles. The minimum atomic E-state index is -0.760. The lowest BCUT2D eigenvalue weighted by Gasteiger charge is -2.20. The van der Waals surface area contributed by atoms with E-state index < -0.39 is 11.9 Å². The highest BCUT2D eigenvalue weighted by atomic mass is 16.5. The van der Waals surface area contributed by atoms with Crippen molar-refractivity contribution in [2.75, 3.05) is 26.9 Å². The van der Waals surface area contributed by atoms with E-state index in [-0.39, 0.29) is 17.9 Å². The summed E-state index contributed by atoms with van der Waals surface area (Å²) < 4.78 is 9.96. The van der Waals surface area contributed by atoms with E-state index in [0.717, 1.165) is 5.56 Å². The van der Waals surface area contributed by atoms with Crippen LogP contribution < -0.4 is 11.1 Å². The van der Waals surface area contributed by atoms with Gasteiger partial charge >= 0.3 is 0 Å². The summed E-state index contributed by atoms with van der Waals surface area (Å²) in [5.74, 6) is -0.943. The molecule has 0 bridgehead atoms. The van der Waals surface area contributed by atoms with Crippen molar-refractivity contribution < 1.29 is 19.1 Å². The highest BCUT2D eigenvalue weighted by Gasteiger charge is 2.19. The summed E-state index contributed by atoms with van der Waals surface area (Å²) in [6.07, 6.45) is 0.351. The first-order valence-corrected chi connectivity index (χ1v) is 7.99. The smallest absolute Gasteiger partial charge is 0.246 e. The number of carbonyl (C=O) groups excluding carboxylic acids is 2. The topological polar surface area (TPSA) is 90.7 Å². The molecule has 0 heterocycles. The number of methoxy groups -OCH3 is 1. The van der Waals surface area contributed by atoms with Crippen LogP contribution in [0.25, 0.3) is 0 Å². The first kappa shape index (κ1) is 20.1. The third-order valence-electron chi connectivity index (χ3n) is 3.60. The number of amides is 2. The molecule has 0 aliphatic rings. The fourth-order valence-corrected chi connectivity index (χ4v) is 2.14. The van der Waals surface area contributed by atoms with E-state index in [2.05, 4.69) is 26.1 Å². The van der Waals surface area contributed by atoms with E-state index in [1.807, 2.05) is 24.3 Å². The molecule has 0 aliphatic heterocycles. The molecule has 0 radical (unpaired) electrons. The number of carbonyl (C=O) groups is 2. The maximum Gasteiger partial charge on any atom is 0.246 e. The molecule has 1 rings (SSSR count). The van der Waals surface area contributed by atoms with Gasteiger partial charge in [-0.1, -0.05) is 45.0 Å². The molecule has 0 aromatic heterocycles. The summed E-state index contributed by atoms with van der Waals surface area (Å²) in [4.78, 5) is 23.4. The minimum absolute atomic E-state index is 0.0649. The Morgan fingerprint density at radius 1 is 1.17 bits per heavy atom. The van der Waals surface area contributed by atoms with Crippen molar-refractivity contribution in [1.82, 2.24) is 5.32 Å². The van der Waals surface area contributed by atoms with E-state index in [1.165, 1.54) is 5.56 Å². The zero-order valence-corrected chi connectivity index (χ0v) is 14.9. The summed E-state index contributed by atoms with van der Waals surface area (Å²) in [5, 5.41) is 2.61. The van der Waals surface area contributed by atoms with Crippen LogP contribution in [-0.2, 0) is 30.9 Å². The van der Waals surface area contributed by atoms with Gasteiger partial charge in [0.05, 0.1) is 13.2 Å². The fraction of sp³-hybridized carbons (Fsp3) is 0.556. The molecule has 24 heavy (non-hydrogen) atoms. The lowest BCUT2D eigenvalue weighted by atomic mass is 9.86. The van der Waals surface area contributed by atoms with Crippen LogP contribution in [0.2, 0.25) is 0 Å². The van der Waals surface area contributed by atoms with E-state index in [0.29, 0.717) is 19.6 Å². The van der Waals surface area contributed by atoms with Crippen LogP contribution in [0, 0.1) is 0 Å². The highest BCUT2D eigenvalue weighted by Crippen LogP contribution is 2.22. The van der Waals surface area contributed by atoms with Gasteiger partial charge in [0, 0.05) is 13.5 Å². The Morgan fingerprint density at radius 3 is 2.29 bits per heavy atom. The van der Waals surface area contributed by atoms with Gasteiger partial charge in [-0.05, 0) is 16.5 Å². The first-order valence-electron chi connectivity index (χ1n) is 7.99. The number of nitrogens with one attached hydrogen (secondary N) is 1. The summed E-state index contributed by atoms with van der Waals surface area (Å²) in [6, 6.07) is 7.21. The Balaban J connectivity index is 2.60. The fourth-order valence-electron chi connectivity index (χ4n) is 2.14. The molecular weight excluding hydrogens is 308 g/mol. The number of primary amides is 1. The summed E-state index contributed by atoms with van der Waals surface area (Å²) >= 11 is 0. The number of ether oxygens (including phenoxy) is 2. The number of rotatable bonds is 9. The van der Waals surface area contributed by atoms with Crippen LogP contribution in [0.4, 0.5) is 0 Å². The molecular formula is C18H28N2O4. The van der Waals surface area contributed by atoms with Gasteiger partial charge in [-0.25, -0.2) is 0 Å². The van der Waals surface area contributed by atoms with Gasteiger partial charge in [0.25, 0.3) is 0 Å². The van der Waals surface area contributed by atoms with E-state index >= 15 is 0 Å². The van der Waals surface area contributed by atoms with Crippen LogP contribution in [0.1, 0.15) is 31.9 Å². The molecule has 1 atom stereocenters. The van der Waals surface area contributed by atoms with Crippen molar-refractivity contribution in [2.24, 2.45) is 5.73 Å². The lowest BCUT2D eigenvalue weighted by molar-refractivity contribution is -0.130. The average molecular weight is 336 g/mol. The van der Waals surface area contributed by atoms with Gasteiger partial charge in [0.15, 0.2) is 0 Å². The Hall–Kier alpha value is -1.92. The van der Waals surface area contributed by atoms with Crippen molar-refractivity contribution in [3.05, 3.63) is 35.4 Å². The Kier molecular flexibility index (Phi) is 7.88. The molecule has 0 saturated heterocycles. The normalized spacial score (nSPS) is 12.7. The summed E-state index contributed by atoms with van der Waals surface area (Å²) in [5.41, 5.74) is 7.60. The molecule has 0 saturated carbocycles. The van der Waals surface area contributed by atoms with Crippen LogP contribution in [0.5, 0.6) is 0 Å². The van der Waals surface area contributed by atoms with Crippen molar-refractivity contribution >= 4 is 11.8 Å². The van der Waals surface area contributed by atoms with Crippen LogP contribution in [-0.4, -0.2) is 44.8 Å². The predicted molar refractivity (Wildman–Crippen MR) is 92.7 cm³/mol. The summed E-state index contributed by atoms with van der Waals surface area (Å²) in [6.45, 7) is 7.01. The average Bonchev–Trinajstić information content (AvgIpc) is 2.50. The van der Waals surface area contributed by atoms with Crippen molar-refractivity contribution in [3.8, 4) is 0 Å². The van der Waals surface area contributed by atoms with Gasteiger partial charge in [-0.15, -0.1) is 0 Å². The SMILES string of the molecule is COCCOCC(=O)N[C@H](Cc1ccc(C(C)(C)C)cc1)C(N)=O. The van der Waals surface area contributed by atoms with E-state index in [4.69, 9.17) is 15.2 Å². The molecule has 0 aliphatic carbocycles. The Morgan fingerprint density at radius 2 is 1.79 bits per heavy atom. The molecule has 2 amide bonds. The minimum Gasteiger partial charge on any atom is -0.382 e. The molecule has 0 spiro atoms. The second-order valence-electron chi connectivity index (χ2n) is 6.72. The van der Waals surface area contributed by atoms with Crippen molar-refractivity contribution in [3.63, 3.8) is 0 Å². The van der Waals surface area contributed by atoms with Gasteiger partial charge in [-0.3, -0.25) is 9.59 Å². The number of benzene rings is 1. The van der Waals surface area contributed by atoms with Crippen LogP contribution in [0.3, 0.4) is 0 Å². The van der Waals surface area contributed by atoms with Crippen molar-refractivity contribution in [2.45, 2.75) is 38.6 Å². The molecule has 6 nitrogen and oxygen atoms in total. The predicted octanol–water partition coefficient (Wildman–Crippen LogP) is 1.16. The standard InChI is InChI=1S/C18H28N2O4/c1-18(2,3)14-7-5-13(6-8-14)11-15(17(19)22)20-16(21)12-24-10-9-23-4/h5-8,15H,9-12H2,1-4H3,(H2,19,22)(H,20,21)/t15-/m1/s1. The molecule has 134 valence electrons. The van der Waals surface area contributed by atoms with Gasteiger partial charge < -0.3 is 20.5 Å². The van der Waals surface area contributed by atoms with Crippen LogP contribution >= 0.6 is 0 Å². The Labute approximate surface area is 143 Å². The third kappa shape index (κ3) is 7.10. The summed E-state index contributed by atoms with van der Waals surface area (Å²) in [7, 11) is 1.55. The van der Waals surface area contributed by atoms with Gasteiger partial charge in [0.2, 0.25) is 11.8 Å². The molecule has 0 unspecified atom stereocenters. The van der Waals surface area contributed by atoms with Crippen LogP contribution in [0.15, 0.2) is 24.3 Å². The van der Waals surface area contributed by atoms with Crippen molar-refractivity contribution in [1.29, 1.82) is 0 Å². The maximum atomic E-state index is 11.8. The van der Waals surface area contributed by atoms with Gasteiger partial charge in [0.1, 0.15) is 12.6 Å². The molecule has 1 aromatic rings. The number of hydrogen-bond acceptors (Lipinski definition) is 4. The van der Waals surface area contributed by atoms with E-state index in [1.54, 1.807) is 7.11 Å². The van der Waals surface area contributed by atoms with Gasteiger partial charge in [-0.2, -0.15) is 0 Å². The maximum absolute atomic E-state index is 11.8. The monoisotopic (exact) mass is 336 g/mol. The first-order chi connectivity index (χ1) is 11.2. The number of hydrogen-bond donors (Lipinski definition) is 2. The zero-order chi connectivity index (χ0) is 18.2. The Bertz CT molecular complexity index is 535. The molecule has 6 heteroatoms.